The van der Waals surface area contributed by atoms with Crippen molar-refractivity contribution in [2.24, 2.45) is 0 Å². The second-order valence-electron chi connectivity index (χ2n) is 10.6. The SMILES string of the molecule is C[C@@H]1[C@H](O[Si](C)(C)C(C)(C)C)CC[C@@H](C[Se]c2ccccc2)N1S(=O)(=O)c1ccc([N+](=O)[O-])cc1. The van der Waals surface area contributed by atoms with Gasteiger partial charge in [-0.1, -0.05) is 0 Å². The van der Waals surface area contributed by atoms with Gasteiger partial charge >= 0.3 is 217 Å². The molecule has 3 rings (SSSR count). The molecule has 2 aromatic rings. The van der Waals surface area contributed by atoms with Crippen LogP contribution in [-0.2, 0) is 14.4 Å². The molecule has 0 bridgehead atoms. The zero-order valence-electron chi connectivity index (χ0n) is 21.3. The number of benzene rings is 2. The summed E-state index contributed by atoms with van der Waals surface area (Å²) in [5.41, 5.74) is -0.126. The van der Waals surface area contributed by atoms with Crippen LogP contribution in [-0.4, -0.2) is 59.1 Å². The molecule has 1 aliphatic rings. The normalized spacial score (nSPS) is 22.2. The fourth-order valence-electron chi connectivity index (χ4n) is 4.08. The topological polar surface area (TPSA) is 89.8 Å². The fraction of sp³-hybridized carbons (Fsp3) is 0.520. The van der Waals surface area contributed by atoms with Gasteiger partial charge in [0.25, 0.3) is 0 Å². The second-order valence-corrected chi connectivity index (χ2v) is 19.5. The van der Waals surface area contributed by atoms with E-state index in [9.17, 15) is 18.5 Å². The third-order valence-electron chi connectivity index (χ3n) is 7.14. The van der Waals surface area contributed by atoms with Crippen molar-refractivity contribution < 1.29 is 17.8 Å². The van der Waals surface area contributed by atoms with Crippen LogP contribution in [0.25, 0.3) is 0 Å². The average Bonchev–Trinajstić information content (AvgIpc) is 2.79. The summed E-state index contributed by atoms with van der Waals surface area (Å²) in [5.74, 6) is 0. The molecular weight excluding hydrogens is 547 g/mol. The Labute approximate surface area is 216 Å². The number of hydrogen-bond donors (Lipinski definition) is 0. The summed E-state index contributed by atoms with van der Waals surface area (Å²) in [6, 6.07) is 14.9. The van der Waals surface area contributed by atoms with E-state index in [1.54, 1.807) is 4.31 Å². The number of hydrogen-bond acceptors (Lipinski definition) is 5. The van der Waals surface area contributed by atoms with Gasteiger partial charge in [0.2, 0.25) is 0 Å². The summed E-state index contributed by atoms with van der Waals surface area (Å²) in [5, 5.41) is 11.9. The third kappa shape index (κ3) is 6.42. The monoisotopic (exact) mass is 584 g/mol. The number of nitro benzene ring substituents is 1. The van der Waals surface area contributed by atoms with Gasteiger partial charge < -0.3 is 0 Å². The van der Waals surface area contributed by atoms with Crippen LogP contribution in [0.2, 0.25) is 23.5 Å². The van der Waals surface area contributed by atoms with E-state index in [0.29, 0.717) is 0 Å². The van der Waals surface area contributed by atoms with E-state index >= 15 is 0 Å². The number of sulfonamides is 1. The van der Waals surface area contributed by atoms with E-state index in [4.69, 9.17) is 4.43 Å². The van der Waals surface area contributed by atoms with Gasteiger partial charge in [0, 0.05) is 0 Å². The molecule has 0 saturated carbocycles. The zero-order valence-corrected chi connectivity index (χ0v) is 24.8. The Hall–Kier alpha value is -1.55. The van der Waals surface area contributed by atoms with E-state index < -0.39 is 23.3 Å². The van der Waals surface area contributed by atoms with Crippen LogP contribution in [0.4, 0.5) is 5.69 Å². The van der Waals surface area contributed by atoms with Crippen LogP contribution in [0.5, 0.6) is 0 Å². The maximum absolute atomic E-state index is 13.9. The quantitative estimate of drug-likeness (QED) is 0.249. The maximum atomic E-state index is 13.9. The van der Waals surface area contributed by atoms with Crippen LogP contribution >= 0.6 is 0 Å². The average molecular weight is 584 g/mol. The van der Waals surface area contributed by atoms with E-state index in [-0.39, 0.29) is 48.8 Å². The van der Waals surface area contributed by atoms with Crippen LogP contribution in [0, 0.1) is 10.1 Å². The van der Waals surface area contributed by atoms with Crippen LogP contribution in [0.15, 0.2) is 59.5 Å². The molecule has 1 saturated heterocycles. The predicted molar refractivity (Wildman–Crippen MR) is 143 cm³/mol. The Morgan fingerprint density at radius 2 is 1.69 bits per heavy atom. The molecule has 7 nitrogen and oxygen atoms in total. The summed E-state index contributed by atoms with van der Waals surface area (Å²) in [7, 11) is -5.98. The molecule has 1 aliphatic heterocycles. The Bertz CT molecular complexity index is 1120. The first-order valence-electron chi connectivity index (χ1n) is 11.9. The summed E-state index contributed by atoms with van der Waals surface area (Å²) in [6.07, 6.45) is 1.35. The van der Waals surface area contributed by atoms with Gasteiger partial charge in [-0.3, -0.25) is 0 Å². The molecule has 1 fully saturated rings. The molecular formula is C25H36N2O5SSeSi. The molecule has 3 atom stereocenters. The minimum absolute atomic E-state index is 0.0159. The van der Waals surface area contributed by atoms with Gasteiger partial charge in [0.1, 0.15) is 0 Å². The summed E-state index contributed by atoms with van der Waals surface area (Å²) < 4.78 is 37.5. The first kappa shape index (κ1) is 28.0. The van der Waals surface area contributed by atoms with Crippen molar-refractivity contribution in [1.29, 1.82) is 0 Å². The van der Waals surface area contributed by atoms with Gasteiger partial charge in [0.15, 0.2) is 0 Å². The van der Waals surface area contributed by atoms with Crippen molar-refractivity contribution >= 4 is 43.4 Å². The molecule has 35 heavy (non-hydrogen) atoms. The van der Waals surface area contributed by atoms with E-state index in [0.717, 1.165) is 18.2 Å². The molecule has 0 unspecified atom stereocenters. The van der Waals surface area contributed by atoms with Crippen molar-refractivity contribution in [2.75, 3.05) is 0 Å². The Morgan fingerprint density at radius 1 is 1.09 bits per heavy atom. The number of piperidine rings is 1. The fourth-order valence-corrected chi connectivity index (χ4v) is 9.81. The van der Waals surface area contributed by atoms with Crippen molar-refractivity contribution in [3.05, 3.63) is 64.7 Å². The van der Waals surface area contributed by atoms with Crippen molar-refractivity contribution in [3.8, 4) is 0 Å². The Morgan fingerprint density at radius 3 is 2.23 bits per heavy atom. The molecule has 0 aliphatic carbocycles. The minimum atomic E-state index is -3.88. The molecule has 0 N–H and O–H groups in total. The molecule has 0 spiro atoms. The van der Waals surface area contributed by atoms with Gasteiger partial charge in [-0.2, -0.15) is 0 Å². The van der Waals surface area contributed by atoms with E-state index in [2.05, 4.69) is 46.0 Å². The first-order valence-corrected chi connectivity index (χ1v) is 18.3. The summed E-state index contributed by atoms with van der Waals surface area (Å²) in [4.78, 5) is 10.6. The van der Waals surface area contributed by atoms with E-state index in [1.165, 1.54) is 28.7 Å². The number of rotatable bonds is 8. The van der Waals surface area contributed by atoms with Crippen molar-refractivity contribution in [1.82, 2.24) is 4.31 Å². The predicted octanol–water partition coefficient (Wildman–Crippen LogP) is 4.97. The van der Waals surface area contributed by atoms with Gasteiger partial charge in [0.05, 0.1) is 0 Å². The molecule has 0 amide bonds. The third-order valence-corrected chi connectivity index (χ3v) is 16.1. The second kappa shape index (κ2) is 10.8. The zero-order chi connectivity index (χ0) is 26.0. The van der Waals surface area contributed by atoms with Crippen LogP contribution in [0.1, 0.15) is 40.5 Å². The molecule has 0 aromatic heterocycles. The van der Waals surface area contributed by atoms with Crippen molar-refractivity contribution in [3.63, 3.8) is 0 Å². The first-order chi connectivity index (χ1) is 16.2. The molecule has 1 heterocycles. The Balaban J connectivity index is 1.93. The van der Waals surface area contributed by atoms with Gasteiger partial charge in [-0.25, -0.2) is 0 Å². The van der Waals surface area contributed by atoms with Crippen LogP contribution < -0.4 is 4.46 Å². The number of nitrogens with zero attached hydrogens (tertiary/aromatic N) is 2. The van der Waals surface area contributed by atoms with Gasteiger partial charge in [-0.05, 0) is 0 Å². The number of non-ortho nitro benzene ring substituents is 1. The van der Waals surface area contributed by atoms with Crippen molar-refractivity contribution in [2.45, 2.75) is 87.1 Å². The molecule has 2 aromatic carbocycles. The van der Waals surface area contributed by atoms with Crippen LogP contribution in [0.3, 0.4) is 0 Å². The molecule has 192 valence electrons. The standard InChI is InChI=1S/C25H36N2O5SSeSi/c1-19-24(32-35(5,6)25(2,3)4)17-14-21(18-34-23-10-8-7-9-11-23)26(19)33(30,31)22-15-12-20(13-16-22)27(28)29/h7-13,15-16,19,21,24H,14,17-18H2,1-6H3/t19-,21+,24-/m1/s1. The molecule has 0 radical (unpaired) electrons. The summed E-state index contributed by atoms with van der Waals surface area (Å²) >= 11 is 0.127. The van der Waals surface area contributed by atoms with Gasteiger partial charge in [-0.15, -0.1) is 0 Å². The molecule has 10 heteroatoms. The van der Waals surface area contributed by atoms with E-state index in [1.807, 2.05) is 25.1 Å². The Kier molecular flexibility index (Phi) is 8.67. The summed E-state index contributed by atoms with van der Waals surface area (Å²) in [6.45, 7) is 12.9. The number of nitro groups is 1.